The van der Waals surface area contributed by atoms with E-state index in [-0.39, 0.29) is 17.2 Å². The van der Waals surface area contributed by atoms with Crippen LogP contribution in [-0.2, 0) is 16.2 Å². The smallest absolute Gasteiger partial charge is 0.332 e. The molecule has 0 fully saturated rings. The molecule has 0 unspecified atom stereocenters. The zero-order valence-electron chi connectivity index (χ0n) is 15.0. The number of hydrogen-bond donors (Lipinski definition) is 0. The van der Waals surface area contributed by atoms with E-state index in [1.165, 1.54) is 6.92 Å². The van der Waals surface area contributed by atoms with Gasteiger partial charge in [0, 0.05) is 6.20 Å². The number of alkyl halides is 6. The van der Waals surface area contributed by atoms with E-state index in [0.29, 0.717) is 16.6 Å². The van der Waals surface area contributed by atoms with Gasteiger partial charge in [-0.3, -0.25) is 9.29 Å². The maximum atomic E-state index is 13.0. The molecule has 0 bridgehead atoms. The SMILES string of the molecule is CCS(=O)(=O)N1CC(C(F)(F)F)=CC=C1c1nc(-c2ccc(C(F)(F)F)cn2)no1. The van der Waals surface area contributed by atoms with E-state index in [0.717, 1.165) is 18.2 Å². The monoisotopic (exact) mass is 454 g/mol. The molecule has 7 nitrogen and oxygen atoms in total. The van der Waals surface area contributed by atoms with Gasteiger partial charge in [0.1, 0.15) is 11.4 Å². The quantitative estimate of drug-likeness (QED) is 0.656. The number of aromatic nitrogens is 3. The maximum Gasteiger partial charge on any atom is 0.417 e. The van der Waals surface area contributed by atoms with Gasteiger partial charge in [-0.25, -0.2) is 8.42 Å². The molecule has 1 aliphatic heterocycles. The zero-order valence-corrected chi connectivity index (χ0v) is 15.8. The molecule has 0 atom stereocenters. The Morgan fingerprint density at radius 3 is 2.33 bits per heavy atom. The minimum absolute atomic E-state index is 0.106. The van der Waals surface area contributed by atoms with Crippen LogP contribution < -0.4 is 0 Å². The lowest BCUT2D eigenvalue weighted by Crippen LogP contribution is -2.37. The average Bonchev–Trinajstić information content (AvgIpc) is 3.16. The Kier molecular flexibility index (Phi) is 5.39. The van der Waals surface area contributed by atoms with Crippen LogP contribution in [0.15, 0.2) is 40.6 Å². The van der Waals surface area contributed by atoms with Crippen molar-refractivity contribution in [1.82, 2.24) is 19.4 Å². The molecule has 2 aromatic heterocycles. The molecule has 2 aromatic rings. The summed E-state index contributed by atoms with van der Waals surface area (Å²) < 4.78 is 107. The summed E-state index contributed by atoms with van der Waals surface area (Å²) in [6.07, 6.45) is -7.22. The molecule has 1 aliphatic rings. The first-order valence-electron chi connectivity index (χ1n) is 8.19. The highest BCUT2D eigenvalue weighted by Crippen LogP contribution is 2.35. The second kappa shape index (κ2) is 7.41. The fraction of sp³-hybridized carbons (Fsp3) is 0.312. The van der Waals surface area contributed by atoms with E-state index in [2.05, 4.69) is 15.1 Å². The number of hydrogen-bond acceptors (Lipinski definition) is 6. The number of allylic oxidation sites excluding steroid dienone is 2. The second-order valence-corrected chi connectivity index (χ2v) is 8.18. The topological polar surface area (TPSA) is 89.2 Å². The van der Waals surface area contributed by atoms with Gasteiger partial charge in [-0.05, 0) is 31.2 Å². The molecule has 30 heavy (non-hydrogen) atoms. The third-order valence-corrected chi connectivity index (χ3v) is 5.78. The molecule has 0 aliphatic carbocycles. The van der Waals surface area contributed by atoms with E-state index in [9.17, 15) is 34.8 Å². The molecule has 0 aromatic carbocycles. The van der Waals surface area contributed by atoms with Crippen LogP contribution in [0.1, 0.15) is 18.4 Å². The molecular weight excluding hydrogens is 442 g/mol. The molecule has 3 heterocycles. The van der Waals surface area contributed by atoms with Gasteiger partial charge < -0.3 is 4.52 Å². The fourth-order valence-corrected chi connectivity index (χ4v) is 3.53. The van der Waals surface area contributed by atoms with Gasteiger partial charge in [0.05, 0.1) is 23.4 Å². The summed E-state index contributed by atoms with van der Waals surface area (Å²) in [7, 11) is -4.13. The highest BCUT2D eigenvalue weighted by atomic mass is 32.2. The molecule has 162 valence electrons. The van der Waals surface area contributed by atoms with Gasteiger partial charge in [0.25, 0.3) is 5.89 Å². The van der Waals surface area contributed by atoms with Crippen LogP contribution in [0.2, 0.25) is 0 Å². The molecule has 0 saturated carbocycles. The molecule has 0 radical (unpaired) electrons. The predicted octanol–water partition coefficient (Wildman–Crippen LogP) is 3.65. The Labute approximate surface area is 165 Å². The third kappa shape index (κ3) is 4.32. The molecule has 3 rings (SSSR count). The zero-order chi connectivity index (χ0) is 22.3. The normalized spacial score (nSPS) is 15.8. The van der Waals surface area contributed by atoms with E-state index in [1.807, 2.05) is 0 Å². The number of nitrogens with zero attached hydrogens (tertiary/aromatic N) is 4. The lowest BCUT2D eigenvalue weighted by molar-refractivity contribution is -0.137. The van der Waals surface area contributed by atoms with Crippen molar-refractivity contribution in [2.45, 2.75) is 19.3 Å². The van der Waals surface area contributed by atoms with Gasteiger partial charge in [-0.1, -0.05) is 5.16 Å². The lowest BCUT2D eigenvalue weighted by Gasteiger charge is -2.28. The van der Waals surface area contributed by atoms with Crippen LogP contribution in [0.4, 0.5) is 26.3 Å². The first kappa shape index (κ1) is 21.8. The predicted molar refractivity (Wildman–Crippen MR) is 90.8 cm³/mol. The number of pyridine rings is 1. The number of rotatable bonds is 4. The average molecular weight is 454 g/mol. The maximum absolute atomic E-state index is 13.0. The Bertz CT molecular complexity index is 1100. The first-order valence-corrected chi connectivity index (χ1v) is 9.80. The summed E-state index contributed by atoms with van der Waals surface area (Å²) in [6, 6.07) is 1.72. The molecule has 0 saturated heterocycles. The van der Waals surface area contributed by atoms with Gasteiger partial charge in [0.2, 0.25) is 15.8 Å². The van der Waals surface area contributed by atoms with Crippen molar-refractivity contribution in [2.75, 3.05) is 12.3 Å². The van der Waals surface area contributed by atoms with Crippen molar-refractivity contribution in [3.05, 3.63) is 47.5 Å². The van der Waals surface area contributed by atoms with Crippen LogP contribution in [0.3, 0.4) is 0 Å². The van der Waals surface area contributed by atoms with Crippen molar-refractivity contribution in [3.8, 4) is 11.5 Å². The van der Waals surface area contributed by atoms with E-state index in [4.69, 9.17) is 4.52 Å². The molecular formula is C16H12F6N4O3S. The van der Waals surface area contributed by atoms with Crippen LogP contribution in [0.25, 0.3) is 17.2 Å². The lowest BCUT2D eigenvalue weighted by atomic mass is 10.1. The molecule has 0 amide bonds. The van der Waals surface area contributed by atoms with Crippen LogP contribution in [0.5, 0.6) is 0 Å². The summed E-state index contributed by atoms with van der Waals surface area (Å²) in [5.74, 6) is -1.18. The van der Waals surface area contributed by atoms with Crippen molar-refractivity contribution in [2.24, 2.45) is 0 Å². The Morgan fingerprint density at radius 2 is 1.80 bits per heavy atom. The van der Waals surface area contributed by atoms with Crippen LogP contribution in [-0.4, -0.2) is 46.3 Å². The van der Waals surface area contributed by atoms with Gasteiger partial charge in [0.15, 0.2) is 0 Å². The first-order chi connectivity index (χ1) is 13.8. The van der Waals surface area contributed by atoms with Crippen molar-refractivity contribution >= 4 is 15.7 Å². The summed E-state index contributed by atoms with van der Waals surface area (Å²) in [5.41, 5.74) is -2.50. The fourth-order valence-electron chi connectivity index (χ4n) is 2.45. The van der Waals surface area contributed by atoms with E-state index in [1.54, 1.807) is 0 Å². The van der Waals surface area contributed by atoms with E-state index < -0.39 is 51.7 Å². The Hall–Kier alpha value is -2.90. The van der Waals surface area contributed by atoms with Crippen LogP contribution in [0, 0.1) is 0 Å². The Balaban J connectivity index is 1.99. The van der Waals surface area contributed by atoms with Gasteiger partial charge in [-0.15, -0.1) is 0 Å². The molecule has 14 heteroatoms. The Morgan fingerprint density at radius 1 is 1.10 bits per heavy atom. The standard InChI is InChI=1S/C16H12F6N4O3S/c1-2-30(27,28)26-8-10(16(20,21)22)4-6-12(26)14-24-13(25-29-14)11-5-3-9(7-23-11)15(17,18)19/h3-7H,2,8H2,1H3. The van der Waals surface area contributed by atoms with Crippen LogP contribution >= 0.6 is 0 Å². The minimum atomic E-state index is -4.74. The largest absolute Gasteiger partial charge is 0.417 e. The summed E-state index contributed by atoms with van der Waals surface area (Å²) in [4.78, 5) is 7.46. The van der Waals surface area contributed by atoms with Gasteiger partial charge in [-0.2, -0.15) is 31.3 Å². The highest BCUT2D eigenvalue weighted by molar-refractivity contribution is 7.89. The van der Waals surface area contributed by atoms with Crippen molar-refractivity contribution in [3.63, 3.8) is 0 Å². The number of sulfonamides is 1. The molecule has 0 spiro atoms. The second-order valence-electron chi connectivity index (χ2n) is 6.00. The summed E-state index contributed by atoms with van der Waals surface area (Å²) in [6.45, 7) is 0.269. The van der Waals surface area contributed by atoms with Gasteiger partial charge >= 0.3 is 12.4 Å². The minimum Gasteiger partial charge on any atom is -0.332 e. The third-order valence-electron chi connectivity index (χ3n) is 4.05. The summed E-state index contributed by atoms with van der Waals surface area (Å²) >= 11 is 0. The molecule has 0 N–H and O–H groups in total. The van der Waals surface area contributed by atoms with Crippen molar-refractivity contribution < 1.29 is 39.3 Å². The highest BCUT2D eigenvalue weighted by Gasteiger charge is 2.40. The van der Waals surface area contributed by atoms with Crippen molar-refractivity contribution in [1.29, 1.82) is 0 Å². The number of halogens is 6. The van der Waals surface area contributed by atoms with E-state index >= 15 is 0 Å². The summed E-state index contributed by atoms with van der Waals surface area (Å²) in [5, 5.41) is 3.53.